The number of nitrogens with zero attached hydrogens (tertiary/aromatic N) is 3. The minimum atomic E-state index is 0.209. The van der Waals surface area contributed by atoms with E-state index >= 15 is 0 Å². The Morgan fingerprint density at radius 2 is 1.90 bits per heavy atom. The third kappa shape index (κ3) is 4.26. The molecule has 0 bridgehead atoms. The summed E-state index contributed by atoms with van der Waals surface area (Å²) in [4.78, 5) is 11.1. The van der Waals surface area contributed by atoms with Crippen LogP contribution in [0.2, 0.25) is 0 Å². The molecule has 1 aromatic carbocycles. The number of nitrogens with one attached hydrogen (secondary N) is 1. The highest BCUT2D eigenvalue weighted by atomic mass is 15.1. The summed E-state index contributed by atoms with van der Waals surface area (Å²) < 4.78 is 0. The molecule has 0 saturated heterocycles. The Bertz CT molecular complexity index is 566. The van der Waals surface area contributed by atoms with Crippen molar-refractivity contribution in [2.24, 2.45) is 0 Å². The van der Waals surface area contributed by atoms with E-state index in [1.165, 1.54) is 5.56 Å². The van der Waals surface area contributed by atoms with Gasteiger partial charge in [0.05, 0.1) is 6.04 Å². The zero-order valence-electron chi connectivity index (χ0n) is 13.3. The third-order valence-corrected chi connectivity index (χ3v) is 3.43. The van der Waals surface area contributed by atoms with Gasteiger partial charge in [0.15, 0.2) is 0 Å². The molecule has 0 saturated carbocycles. The van der Waals surface area contributed by atoms with Gasteiger partial charge in [-0.2, -0.15) is 0 Å². The van der Waals surface area contributed by atoms with E-state index in [4.69, 9.17) is 0 Å². The summed E-state index contributed by atoms with van der Waals surface area (Å²) in [7, 11) is 4.17. The Hall–Kier alpha value is -1.94. The molecule has 1 heterocycles. The third-order valence-electron chi connectivity index (χ3n) is 3.43. The van der Waals surface area contributed by atoms with Gasteiger partial charge in [0, 0.05) is 18.3 Å². The average molecular weight is 284 g/mol. The fourth-order valence-corrected chi connectivity index (χ4v) is 2.33. The molecule has 1 aromatic heterocycles. The van der Waals surface area contributed by atoms with Crippen molar-refractivity contribution in [2.45, 2.75) is 26.3 Å². The predicted octanol–water partition coefficient (Wildman–Crippen LogP) is 3.06. The summed E-state index contributed by atoms with van der Waals surface area (Å²) in [5, 5.41) is 3.59. The van der Waals surface area contributed by atoms with Crippen molar-refractivity contribution >= 4 is 5.82 Å². The highest BCUT2D eigenvalue weighted by Crippen LogP contribution is 2.21. The highest BCUT2D eigenvalue weighted by molar-refractivity contribution is 5.45. The van der Waals surface area contributed by atoms with Gasteiger partial charge in [-0.05, 0) is 33.0 Å². The van der Waals surface area contributed by atoms with Gasteiger partial charge in [0.25, 0.3) is 0 Å². The van der Waals surface area contributed by atoms with Gasteiger partial charge in [0.2, 0.25) is 0 Å². The molecule has 1 atom stereocenters. The molecule has 0 unspecified atom stereocenters. The van der Waals surface area contributed by atoms with E-state index in [2.05, 4.69) is 65.5 Å². The molecule has 0 radical (unpaired) electrons. The Morgan fingerprint density at radius 3 is 2.52 bits per heavy atom. The van der Waals surface area contributed by atoms with Gasteiger partial charge >= 0.3 is 0 Å². The van der Waals surface area contributed by atoms with Crippen molar-refractivity contribution in [3.05, 3.63) is 53.5 Å². The molecular weight excluding hydrogens is 260 g/mol. The van der Waals surface area contributed by atoms with Gasteiger partial charge in [-0.3, -0.25) is 0 Å². The molecule has 0 fully saturated rings. The van der Waals surface area contributed by atoms with Crippen molar-refractivity contribution in [3.8, 4) is 0 Å². The fourth-order valence-electron chi connectivity index (χ4n) is 2.33. The van der Waals surface area contributed by atoms with Crippen LogP contribution in [0, 0.1) is 6.92 Å². The SMILES string of the molecule is CCc1cnc(C)nc1N[C@H](CN(C)C)c1ccccc1. The first-order valence-corrected chi connectivity index (χ1v) is 7.39. The lowest BCUT2D eigenvalue weighted by molar-refractivity contribution is 0.386. The number of likely N-dealkylation sites (N-methyl/N-ethyl adjacent to an activating group) is 1. The second-order valence-electron chi connectivity index (χ2n) is 5.51. The zero-order valence-corrected chi connectivity index (χ0v) is 13.3. The molecular formula is C17H24N4. The van der Waals surface area contributed by atoms with Crippen molar-refractivity contribution < 1.29 is 0 Å². The van der Waals surface area contributed by atoms with E-state index in [0.29, 0.717) is 0 Å². The molecule has 0 aliphatic heterocycles. The molecule has 0 amide bonds. The summed E-state index contributed by atoms with van der Waals surface area (Å²) in [6, 6.07) is 10.7. The molecule has 112 valence electrons. The van der Waals surface area contributed by atoms with E-state index in [1.54, 1.807) is 0 Å². The van der Waals surface area contributed by atoms with E-state index < -0.39 is 0 Å². The second-order valence-corrected chi connectivity index (χ2v) is 5.51. The number of anilines is 1. The summed E-state index contributed by atoms with van der Waals surface area (Å²) in [6.07, 6.45) is 2.84. The Balaban J connectivity index is 2.29. The normalized spacial score (nSPS) is 12.4. The van der Waals surface area contributed by atoms with Crippen LogP contribution in [0.1, 0.15) is 29.9 Å². The van der Waals surface area contributed by atoms with E-state index in [1.807, 2.05) is 19.2 Å². The highest BCUT2D eigenvalue weighted by Gasteiger charge is 2.15. The van der Waals surface area contributed by atoms with E-state index in [9.17, 15) is 0 Å². The minimum absolute atomic E-state index is 0.209. The van der Waals surface area contributed by atoms with Crippen LogP contribution in [0.3, 0.4) is 0 Å². The molecule has 0 aliphatic carbocycles. The molecule has 2 rings (SSSR count). The maximum Gasteiger partial charge on any atom is 0.133 e. The number of aryl methyl sites for hydroxylation is 2. The Morgan fingerprint density at radius 1 is 1.19 bits per heavy atom. The maximum atomic E-state index is 4.58. The summed E-state index contributed by atoms with van der Waals surface area (Å²) in [5.41, 5.74) is 2.42. The summed E-state index contributed by atoms with van der Waals surface area (Å²) in [6.45, 7) is 4.97. The first-order chi connectivity index (χ1) is 10.1. The first kappa shape index (κ1) is 15.4. The van der Waals surface area contributed by atoms with Crippen LogP contribution in [-0.4, -0.2) is 35.5 Å². The molecule has 0 spiro atoms. The molecule has 1 N–H and O–H groups in total. The van der Waals surface area contributed by atoms with Crippen molar-refractivity contribution in [2.75, 3.05) is 26.0 Å². The Kier molecular flexibility index (Phi) is 5.28. The van der Waals surface area contributed by atoms with Crippen LogP contribution in [0.4, 0.5) is 5.82 Å². The van der Waals surface area contributed by atoms with Crippen LogP contribution >= 0.6 is 0 Å². The molecule has 0 aliphatic rings. The largest absolute Gasteiger partial charge is 0.362 e. The Labute approximate surface area is 127 Å². The van der Waals surface area contributed by atoms with Crippen LogP contribution in [0.25, 0.3) is 0 Å². The second kappa shape index (κ2) is 7.18. The van der Waals surface area contributed by atoms with Crippen LogP contribution in [0.5, 0.6) is 0 Å². The van der Waals surface area contributed by atoms with Crippen molar-refractivity contribution in [3.63, 3.8) is 0 Å². The van der Waals surface area contributed by atoms with Crippen LogP contribution in [0.15, 0.2) is 36.5 Å². The van der Waals surface area contributed by atoms with Gasteiger partial charge in [-0.15, -0.1) is 0 Å². The number of hydrogen-bond donors (Lipinski definition) is 1. The zero-order chi connectivity index (χ0) is 15.2. The molecule has 4 nitrogen and oxygen atoms in total. The lowest BCUT2D eigenvalue weighted by Gasteiger charge is -2.24. The predicted molar refractivity (Wildman–Crippen MR) is 87.5 cm³/mol. The number of benzene rings is 1. The van der Waals surface area contributed by atoms with Crippen molar-refractivity contribution in [1.29, 1.82) is 0 Å². The van der Waals surface area contributed by atoms with E-state index in [-0.39, 0.29) is 6.04 Å². The van der Waals surface area contributed by atoms with Gasteiger partial charge in [0.1, 0.15) is 11.6 Å². The first-order valence-electron chi connectivity index (χ1n) is 7.39. The summed E-state index contributed by atoms with van der Waals surface area (Å²) in [5.74, 6) is 1.74. The van der Waals surface area contributed by atoms with E-state index in [0.717, 1.165) is 30.2 Å². The lowest BCUT2D eigenvalue weighted by atomic mass is 10.1. The number of aromatic nitrogens is 2. The monoisotopic (exact) mass is 284 g/mol. The number of hydrogen-bond acceptors (Lipinski definition) is 4. The average Bonchev–Trinajstić information content (AvgIpc) is 2.47. The van der Waals surface area contributed by atoms with Gasteiger partial charge in [-0.25, -0.2) is 9.97 Å². The quantitative estimate of drug-likeness (QED) is 0.885. The summed E-state index contributed by atoms with van der Waals surface area (Å²) >= 11 is 0. The van der Waals surface area contributed by atoms with Crippen LogP contribution in [-0.2, 0) is 6.42 Å². The number of rotatable bonds is 6. The smallest absolute Gasteiger partial charge is 0.133 e. The van der Waals surface area contributed by atoms with Crippen LogP contribution < -0.4 is 5.32 Å². The topological polar surface area (TPSA) is 41.1 Å². The standard InChI is InChI=1S/C17H24N4/c1-5-14-11-18-13(2)19-17(14)20-16(12-21(3)4)15-9-7-6-8-10-15/h6-11,16H,5,12H2,1-4H3,(H,18,19,20)/t16-/m1/s1. The maximum absolute atomic E-state index is 4.58. The molecule has 2 aromatic rings. The molecule has 4 heteroatoms. The van der Waals surface area contributed by atoms with Gasteiger partial charge in [-0.1, -0.05) is 37.3 Å². The van der Waals surface area contributed by atoms with Gasteiger partial charge < -0.3 is 10.2 Å². The molecule has 21 heavy (non-hydrogen) atoms. The lowest BCUT2D eigenvalue weighted by Crippen LogP contribution is -2.26. The fraction of sp³-hybridized carbons (Fsp3) is 0.412. The minimum Gasteiger partial charge on any atom is -0.362 e. The van der Waals surface area contributed by atoms with Crippen molar-refractivity contribution in [1.82, 2.24) is 14.9 Å².